The van der Waals surface area contributed by atoms with E-state index in [1.54, 1.807) is 6.92 Å². The highest BCUT2D eigenvalue weighted by molar-refractivity contribution is 6.08. The molecule has 2 N–H and O–H groups in total. The Hall–Kier alpha value is -2.90. The van der Waals surface area contributed by atoms with Crippen LogP contribution in [-0.4, -0.2) is 46.9 Å². The molecule has 1 aliphatic heterocycles. The first kappa shape index (κ1) is 19.9. The molecule has 0 radical (unpaired) electrons. The molecule has 1 aromatic carbocycles. The summed E-state index contributed by atoms with van der Waals surface area (Å²) in [5, 5.41) is 5.36. The zero-order chi connectivity index (χ0) is 20.5. The highest BCUT2D eigenvalue weighted by Crippen LogP contribution is 2.42. The summed E-state index contributed by atoms with van der Waals surface area (Å²) in [5.74, 6) is -1.57. The number of hydrogen-bond acceptors (Lipinski definition) is 5. The number of carbonyl (C=O) groups is 4. The van der Waals surface area contributed by atoms with Gasteiger partial charge in [-0.25, -0.2) is 4.79 Å². The van der Waals surface area contributed by atoms with E-state index in [9.17, 15) is 19.2 Å². The number of carbonyl (C=O) groups excluding carboxylic acids is 4. The van der Waals surface area contributed by atoms with Crippen LogP contribution in [0.1, 0.15) is 37.8 Å². The Labute approximate surface area is 163 Å². The van der Waals surface area contributed by atoms with Crippen LogP contribution < -0.4 is 10.6 Å². The van der Waals surface area contributed by atoms with E-state index in [1.165, 1.54) is 6.92 Å². The van der Waals surface area contributed by atoms with E-state index < -0.39 is 42.0 Å². The first-order valence-electron chi connectivity index (χ1n) is 9.37. The minimum absolute atomic E-state index is 0.108. The van der Waals surface area contributed by atoms with Gasteiger partial charge in [0.25, 0.3) is 11.8 Å². The lowest BCUT2D eigenvalue weighted by Gasteiger charge is -2.21. The van der Waals surface area contributed by atoms with Gasteiger partial charge >= 0.3 is 12.0 Å². The SMILES string of the molecule is Cc1ccc(CNC(=O)[C@@H](C)OC(=O)CN2C(=O)N[C@@](C)(C3CC3)C2=O)cc1. The normalized spacial score (nSPS) is 22.6. The van der Waals surface area contributed by atoms with Crippen molar-refractivity contribution in [3.05, 3.63) is 35.4 Å². The van der Waals surface area contributed by atoms with E-state index in [0.29, 0.717) is 6.54 Å². The van der Waals surface area contributed by atoms with E-state index in [4.69, 9.17) is 4.74 Å². The predicted octanol–water partition coefficient (Wildman–Crippen LogP) is 1.26. The van der Waals surface area contributed by atoms with Crippen LogP contribution in [0.4, 0.5) is 4.79 Å². The van der Waals surface area contributed by atoms with Crippen LogP contribution in [0.15, 0.2) is 24.3 Å². The van der Waals surface area contributed by atoms with Crippen LogP contribution in [0.3, 0.4) is 0 Å². The molecule has 8 heteroatoms. The molecule has 1 heterocycles. The molecule has 1 aliphatic carbocycles. The maximum atomic E-state index is 12.5. The first-order valence-corrected chi connectivity index (χ1v) is 9.37. The van der Waals surface area contributed by atoms with Crippen molar-refractivity contribution in [3.8, 4) is 0 Å². The van der Waals surface area contributed by atoms with Crippen molar-refractivity contribution in [1.29, 1.82) is 0 Å². The summed E-state index contributed by atoms with van der Waals surface area (Å²) in [5.41, 5.74) is 1.10. The standard InChI is InChI=1S/C20H25N3O5/c1-12-4-6-14(7-5-12)10-21-17(25)13(2)28-16(24)11-23-18(26)20(3,15-8-9-15)22-19(23)27/h4-7,13,15H,8-11H2,1-3H3,(H,21,25)(H,22,27)/t13-,20+/m1/s1. The number of amides is 4. The average Bonchev–Trinajstić information content (AvgIpc) is 3.47. The van der Waals surface area contributed by atoms with Gasteiger partial charge in [0.2, 0.25) is 0 Å². The lowest BCUT2D eigenvalue weighted by molar-refractivity contribution is -0.156. The summed E-state index contributed by atoms with van der Waals surface area (Å²) in [6, 6.07) is 7.09. The largest absolute Gasteiger partial charge is 0.451 e. The molecule has 28 heavy (non-hydrogen) atoms. The number of nitrogens with zero attached hydrogens (tertiary/aromatic N) is 1. The Morgan fingerprint density at radius 3 is 2.54 bits per heavy atom. The molecular formula is C20H25N3O5. The fraction of sp³-hybridized carbons (Fsp3) is 0.500. The van der Waals surface area contributed by atoms with E-state index in [2.05, 4.69) is 10.6 Å². The third-order valence-corrected chi connectivity index (χ3v) is 5.25. The van der Waals surface area contributed by atoms with Crippen molar-refractivity contribution in [1.82, 2.24) is 15.5 Å². The molecule has 1 saturated carbocycles. The monoisotopic (exact) mass is 387 g/mol. The van der Waals surface area contributed by atoms with Crippen LogP contribution in [0.25, 0.3) is 0 Å². The van der Waals surface area contributed by atoms with Gasteiger partial charge in [-0.05, 0) is 45.1 Å². The zero-order valence-corrected chi connectivity index (χ0v) is 16.3. The summed E-state index contributed by atoms with van der Waals surface area (Å²) in [6.07, 6.45) is 0.714. The number of urea groups is 1. The summed E-state index contributed by atoms with van der Waals surface area (Å²) in [4.78, 5) is 49.7. The number of esters is 1. The molecule has 2 atom stereocenters. The van der Waals surface area contributed by atoms with Crippen LogP contribution >= 0.6 is 0 Å². The van der Waals surface area contributed by atoms with Crippen LogP contribution in [0.5, 0.6) is 0 Å². The molecule has 0 aromatic heterocycles. The fourth-order valence-electron chi connectivity index (χ4n) is 3.25. The highest BCUT2D eigenvalue weighted by atomic mass is 16.5. The molecule has 150 valence electrons. The number of aryl methyl sites for hydroxylation is 1. The first-order chi connectivity index (χ1) is 13.2. The van der Waals surface area contributed by atoms with Gasteiger partial charge in [-0.3, -0.25) is 19.3 Å². The Morgan fingerprint density at radius 2 is 1.93 bits per heavy atom. The molecule has 0 bridgehead atoms. The minimum Gasteiger partial charge on any atom is -0.451 e. The lowest BCUT2D eigenvalue weighted by atomic mass is 9.96. The van der Waals surface area contributed by atoms with E-state index in [-0.39, 0.29) is 5.92 Å². The zero-order valence-electron chi connectivity index (χ0n) is 16.3. The van der Waals surface area contributed by atoms with E-state index >= 15 is 0 Å². The quantitative estimate of drug-likeness (QED) is 0.541. The minimum atomic E-state index is -1.03. The summed E-state index contributed by atoms with van der Waals surface area (Å²) in [7, 11) is 0. The molecule has 0 spiro atoms. The van der Waals surface area contributed by atoms with E-state index in [1.807, 2.05) is 31.2 Å². The number of ether oxygens (including phenoxy) is 1. The molecule has 8 nitrogen and oxygen atoms in total. The summed E-state index contributed by atoms with van der Waals surface area (Å²) >= 11 is 0. The van der Waals surface area contributed by atoms with Gasteiger partial charge < -0.3 is 15.4 Å². The summed E-state index contributed by atoms with van der Waals surface area (Å²) in [6.45, 7) is 4.90. The van der Waals surface area contributed by atoms with Crippen molar-refractivity contribution in [2.24, 2.45) is 5.92 Å². The van der Waals surface area contributed by atoms with Crippen LogP contribution in [0, 0.1) is 12.8 Å². The van der Waals surface area contributed by atoms with E-state index in [0.717, 1.165) is 28.9 Å². The second-order valence-corrected chi connectivity index (χ2v) is 7.63. The van der Waals surface area contributed by atoms with Gasteiger partial charge in [-0.15, -0.1) is 0 Å². The molecule has 3 rings (SSSR count). The Morgan fingerprint density at radius 1 is 1.29 bits per heavy atom. The predicted molar refractivity (Wildman–Crippen MR) is 100.0 cm³/mol. The number of hydrogen-bond donors (Lipinski definition) is 2. The average molecular weight is 387 g/mol. The molecular weight excluding hydrogens is 362 g/mol. The van der Waals surface area contributed by atoms with Crippen LogP contribution in [0.2, 0.25) is 0 Å². The van der Waals surface area contributed by atoms with Crippen molar-refractivity contribution in [2.45, 2.75) is 51.8 Å². The Kier molecular flexibility index (Phi) is 5.40. The van der Waals surface area contributed by atoms with Crippen LogP contribution in [-0.2, 0) is 25.7 Å². The second kappa shape index (κ2) is 7.61. The number of benzene rings is 1. The van der Waals surface area contributed by atoms with Gasteiger partial charge in [-0.2, -0.15) is 0 Å². The molecule has 1 saturated heterocycles. The van der Waals surface area contributed by atoms with Crippen molar-refractivity contribution in [3.63, 3.8) is 0 Å². The van der Waals surface area contributed by atoms with Crippen molar-refractivity contribution >= 4 is 23.8 Å². The van der Waals surface area contributed by atoms with Gasteiger partial charge in [-0.1, -0.05) is 29.8 Å². The molecule has 4 amide bonds. The Balaban J connectivity index is 1.48. The molecule has 1 aromatic rings. The maximum Gasteiger partial charge on any atom is 0.327 e. The topological polar surface area (TPSA) is 105 Å². The molecule has 2 aliphatic rings. The lowest BCUT2D eigenvalue weighted by Crippen LogP contribution is -2.46. The molecule has 0 unspecified atom stereocenters. The Bertz CT molecular complexity index is 803. The van der Waals surface area contributed by atoms with Gasteiger partial charge in [0.15, 0.2) is 6.10 Å². The number of nitrogens with one attached hydrogen (secondary N) is 2. The van der Waals surface area contributed by atoms with Gasteiger partial charge in [0, 0.05) is 6.54 Å². The molecule has 2 fully saturated rings. The highest BCUT2D eigenvalue weighted by Gasteiger charge is 2.56. The third kappa shape index (κ3) is 4.16. The van der Waals surface area contributed by atoms with Crippen molar-refractivity contribution < 1.29 is 23.9 Å². The maximum absolute atomic E-state index is 12.5. The third-order valence-electron chi connectivity index (χ3n) is 5.25. The fourth-order valence-corrected chi connectivity index (χ4v) is 3.25. The second-order valence-electron chi connectivity index (χ2n) is 7.63. The van der Waals surface area contributed by atoms with Crippen molar-refractivity contribution in [2.75, 3.05) is 6.54 Å². The number of rotatable bonds is 7. The van der Waals surface area contributed by atoms with Gasteiger partial charge in [0.05, 0.1) is 0 Å². The smallest absolute Gasteiger partial charge is 0.327 e. The van der Waals surface area contributed by atoms with Gasteiger partial charge in [0.1, 0.15) is 12.1 Å². The summed E-state index contributed by atoms with van der Waals surface area (Å²) < 4.78 is 5.10. The number of imide groups is 1.